The van der Waals surface area contributed by atoms with Crippen molar-refractivity contribution in [2.24, 2.45) is 0 Å². The molecule has 0 heterocycles. The number of benzene rings is 5. The number of carbonyl (C=O) groups is 4. The van der Waals surface area contributed by atoms with E-state index in [-0.39, 0.29) is 18.1 Å². The number of methoxy groups -OCH3 is 4. The summed E-state index contributed by atoms with van der Waals surface area (Å²) in [6.07, 6.45) is -2.34. The van der Waals surface area contributed by atoms with Crippen molar-refractivity contribution in [2.45, 2.75) is 61.8 Å². The topological polar surface area (TPSA) is 198 Å². The number of amides is 4. The fourth-order valence-corrected chi connectivity index (χ4v) is 8.17. The fraction of sp³-hybridized carbons (Fsp3) is 0.333. The van der Waals surface area contributed by atoms with Crippen LogP contribution >= 0.6 is 50.1 Å². The lowest BCUT2D eigenvalue weighted by Gasteiger charge is -2.22. The zero-order chi connectivity index (χ0) is 55.1. The van der Waals surface area contributed by atoms with Crippen LogP contribution in [0.2, 0.25) is 0 Å². The summed E-state index contributed by atoms with van der Waals surface area (Å²) in [5.41, 5.74) is 6.57. The van der Waals surface area contributed by atoms with Gasteiger partial charge in [0.05, 0.1) is 89.1 Å². The Balaban J connectivity index is 0.000000348. The molecule has 0 aliphatic heterocycles. The maximum absolute atomic E-state index is 12.4. The van der Waals surface area contributed by atoms with Crippen LogP contribution in [0.4, 0.5) is 41.9 Å². The molecule has 5 rings (SSSR count). The number of aryl methyl sites for hydroxylation is 1. The third-order valence-corrected chi connectivity index (χ3v) is 12.3. The summed E-state index contributed by atoms with van der Waals surface area (Å²) >= 11 is 11.4. The van der Waals surface area contributed by atoms with Crippen molar-refractivity contribution in [1.82, 2.24) is 0 Å². The van der Waals surface area contributed by atoms with E-state index in [0.29, 0.717) is 53.7 Å². The SMILES string of the molecule is CCON(C(=O)OC)c1ccccc1CBr.CCON(C(=O)OC)c1ccccc1CCl.CCON(C(=O)OC)c1ccccc1CI.CCON(C(=O)OC)c1ccccc1COS(=O)(=O)c1ccc(C)cc1. The molecule has 0 aliphatic rings. The van der Waals surface area contributed by atoms with Crippen molar-refractivity contribution in [2.75, 3.05) is 75.1 Å². The number of anilines is 4. The molecule has 0 atom stereocenters. The molecule has 5 aromatic rings. The van der Waals surface area contributed by atoms with Crippen LogP contribution in [0.1, 0.15) is 55.5 Å². The number of ether oxygens (including phenoxy) is 4. The van der Waals surface area contributed by atoms with E-state index in [4.69, 9.17) is 39.9 Å². The monoisotopic (exact) mass is 1240 g/mol. The first kappa shape index (κ1) is 64.5. The fourth-order valence-electron chi connectivity index (χ4n) is 5.94. The van der Waals surface area contributed by atoms with Crippen molar-refractivity contribution in [1.29, 1.82) is 0 Å². The van der Waals surface area contributed by atoms with Gasteiger partial charge < -0.3 is 18.9 Å². The first-order chi connectivity index (χ1) is 35.6. The Morgan fingerprint density at radius 3 is 1.15 bits per heavy atom. The van der Waals surface area contributed by atoms with Gasteiger partial charge >= 0.3 is 24.4 Å². The zero-order valence-electron chi connectivity index (χ0n) is 42.7. The Hall–Kier alpha value is -5.57. The van der Waals surface area contributed by atoms with E-state index in [9.17, 15) is 27.6 Å². The molecule has 0 spiro atoms. The van der Waals surface area contributed by atoms with E-state index in [1.165, 1.54) is 45.6 Å². The minimum Gasteiger partial charge on any atom is -0.451 e. The molecule has 0 aliphatic carbocycles. The molecule has 5 aromatic carbocycles. The third-order valence-electron chi connectivity index (χ3n) is 9.35. The van der Waals surface area contributed by atoms with E-state index in [2.05, 4.69) is 52.7 Å². The van der Waals surface area contributed by atoms with Gasteiger partial charge in [-0.1, -0.05) is 129 Å². The van der Waals surface area contributed by atoms with Crippen molar-refractivity contribution >= 4 is 107 Å². The second kappa shape index (κ2) is 35.6. The zero-order valence-corrected chi connectivity index (χ0v) is 48.0. The van der Waals surface area contributed by atoms with E-state index in [0.717, 1.165) is 47.6 Å². The van der Waals surface area contributed by atoms with Gasteiger partial charge in [0.1, 0.15) is 0 Å². The van der Waals surface area contributed by atoms with Crippen molar-refractivity contribution < 1.29 is 70.1 Å². The molecule has 0 radical (unpaired) electrons. The summed E-state index contributed by atoms with van der Waals surface area (Å²) in [6.45, 7) is 10.1. The van der Waals surface area contributed by atoms with Gasteiger partial charge in [0.15, 0.2) is 0 Å². The lowest BCUT2D eigenvalue weighted by Crippen LogP contribution is -2.31. The average Bonchev–Trinajstić information content (AvgIpc) is 3.44. The molecule has 404 valence electrons. The molecule has 0 aromatic heterocycles. The minimum atomic E-state index is -3.93. The number of halogens is 3. The summed E-state index contributed by atoms with van der Waals surface area (Å²) < 4.78 is 49.4. The predicted octanol–water partition coefficient (Wildman–Crippen LogP) is 12.6. The molecular formula is C51H63BrClIN4O15S. The normalized spacial score (nSPS) is 10.4. The molecule has 74 heavy (non-hydrogen) atoms. The van der Waals surface area contributed by atoms with Gasteiger partial charge in [0.2, 0.25) is 0 Å². The van der Waals surface area contributed by atoms with Crippen LogP contribution < -0.4 is 20.3 Å². The van der Waals surface area contributed by atoms with E-state index in [1.807, 2.05) is 81.4 Å². The molecule has 19 nitrogen and oxygen atoms in total. The van der Waals surface area contributed by atoms with Gasteiger partial charge in [-0.25, -0.2) is 19.2 Å². The highest BCUT2D eigenvalue weighted by molar-refractivity contribution is 14.1. The minimum absolute atomic E-state index is 0.0650. The number of hydrogen-bond donors (Lipinski definition) is 0. The Bertz CT molecular complexity index is 2440. The van der Waals surface area contributed by atoms with Crippen LogP contribution in [-0.4, -0.2) is 87.7 Å². The van der Waals surface area contributed by atoms with E-state index < -0.39 is 34.5 Å². The summed E-state index contributed by atoms with van der Waals surface area (Å²) in [5.74, 6) is 0.302. The van der Waals surface area contributed by atoms with Gasteiger partial charge in [-0.2, -0.15) is 28.7 Å². The number of hydrogen-bond acceptors (Lipinski definition) is 15. The number of hydroxylamine groups is 4. The standard InChI is InChI=1S/C18H21NO6S.C11H14BrNO3.C11H14ClNO3.C11H14INO3/c1-4-24-19(18(20)23-3)17-8-6-5-7-15(17)13-25-26(21,22)16-11-9-14(2)10-12-16;3*1-3-16-13(11(14)15-2)10-7-5-4-6-9(10)8-12/h5-12H,4,13H2,1-3H3;3*4-7H,3,8H2,1-2H3. The Kier molecular flexibility index (Phi) is 31.0. The molecular weight excluding hydrogens is 1180 g/mol. The number of rotatable bonds is 19. The number of alkyl halides is 3. The third kappa shape index (κ3) is 20.3. The number of nitrogens with zero attached hydrogens (tertiary/aromatic N) is 4. The maximum atomic E-state index is 12.4. The molecule has 0 saturated heterocycles. The van der Waals surface area contributed by atoms with Gasteiger partial charge in [0, 0.05) is 21.2 Å². The van der Waals surface area contributed by atoms with Crippen LogP contribution in [0.5, 0.6) is 0 Å². The first-order valence-corrected chi connectivity index (χ1v) is 27.2. The highest BCUT2D eigenvalue weighted by Crippen LogP contribution is 2.27. The average molecular weight is 1250 g/mol. The van der Waals surface area contributed by atoms with Crippen LogP contribution in [0.25, 0.3) is 0 Å². The molecule has 0 fully saturated rings. The molecule has 23 heteroatoms. The van der Waals surface area contributed by atoms with Crippen LogP contribution in [0, 0.1) is 6.92 Å². The first-order valence-electron chi connectivity index (χ1n) is 22.6. The Morgan fingerprint density at radius 2 is 0.811 bits per heavy atom. The highest BCUT2D eigenvalue weighted by Gasteiger charge is 2.24. The van der Waals surface area contributed by atoms with Crippen molar-refractivity contribution in [3.05, 3.63) is 149 Å². The maximum Gasteiger partial charge on any atom is 0.438 e. The van der Waals surface area contributed by atoms with Gasteiger partial charge in [-0.15, -0.1) is 11.6 Å². The molecule has 0 bridgehead atoms. The lowest BCUT2D eigenvalue weighted by atomic mass is 10.2. The smallest absolute Gasteiger partial charge is 0.438 e. The largest absolute Gasteiger partial charge is 0.451 e. The highest BCUT2D eigenvalue weighted by atomic mass is 127. The van der Waals surface area contributed by atoms with Gasteiger partial charge in [-0.05, 0) is 87.7 Å². The second-order valence-corrected chi connectivity index (χ2v) is 17.4. The summed E-state index contributed by atoms with van der Waals surface area (Å²) in [7, 11) is 1.26. The summed E-state index contributed by atoms with van der Waals surface area (Å²) in [6, 6.07) is 35.3. The van der Waals surface area contributed by atoms with E-state index >= 15 is 0 Å². The van der Waals surface area contributed by atoms with Gasteiger partial charge in [-0.3, -0.25) is 23.5 Å². The Labute approximate surface area is 460 Å². The molecule has 0 saturated carbocycles. The quantitative estimate of drug-likeness (QED) is 0.0248. The van der Waals surface area contributed by atoms with Crippen LogP contribution in [-0.2, 0) is 74.8 Å². The van der Waals surface area contributed by atoms with E-state index in [1.54, 1.807) is 62.4 Å². The predicted molar refractivity (Wildman–Crippen MR) is 295 cm³/mol. The second-order valence-electron chi connectivity index (χ2n) is 14.2. The lowest BCUT2D eigenvalue weighted by molar-refractivity contribution is 0.0917. The molecule has 4 amide bonds. The number of carbonyl (C=O) groups excluding carboxylic acids is 4. The summed E-state index contributed by atoms with van der Waals surface area (Å²) in [4.78, 5) is 67.6. The Morgan fingerprint density at radius 1 is 0.500 bits per heavy atom. The van der Waals surface area contributed by atoms with Gasteiger partial charge in [0.25, 0.3) is 10.1 Å². The van der Waals surface area contributed by atoms with Crippen molar-refractivity contribution in [3.8, 4) is 0 Å². The molecule has 0 unspecified atom stereocenters. The van der Waals surface area contributed by atoms with Crippen LogP contribution in [0.3, 0.4) is 0 Å². The van der Waals surface area contributed by atoms with Crippen molar-refractivity contribution in [3.63, 3.8) is 0 Å². The van der Waals surface area contributed by atoms with Crippen LogP contribution in [0.15, 0.2) is 126 Å². The molecule has 0 N–H and O–H groups in total. The summed E-state index contributed by atoms with van der Waals surface area (Å²) in [5, 5.41) is 5.07. The number of para-hydroxylation sites is 4.